The van der Waals surface area contributed by atoms with Gasteiger partial charge in [0, 0.05) is 29.7 Å². The summed E-state index contributed by atoms with van der Waals surface area (Å²) in [6.07, 6.45) is 9.84. The number of benzene rings is 2. The molecule has 7 rings (SSSR count). The van der Waals surface area contributed by atoms with Crippen molar-refractivity contribution < 1.29 is 18.7 Å². The van der Waals surface area contributed by atoms with Gasteiger partial charge in [-0.25, -0.2) is 4.98 Å². The van der Waals surface area contributed by atoms with Crippen LogP contribution in [0.1, 0.15) is 67.7 Å². The minimum atomic E-state index is -1.19. The topological polar surface area (TPSA) is 55.5 Å². The van der Waals surface area contributed by atoms with E-state index in [4.69, 9.17) is 25.7 Å². The zero-order chi connectivity index (χ0) is 25.5. The number of ether oxygens (including phenoxy) is 1. The highest BCUT2D eigenvalue weighted by atomic mass is 35.5. The summed E-state index contributed by atoms with van der Waals surface area (Å²) in [5, 5.41) is 12.9. The maximum absolute atomic E-state index is 12.2. The third-order valence-corrected chi connectivity index (χ3v) is 9.66. The molecular formula is C31H38ClN2O3+. The summed E-state index contributed by atoms with van der Waals surface area (Å²) in [4.78, 5) is 4.72. The van der Waals surface area contributed by atoms with E-state index in [1.54, 1.807) is 0 Å². The van der Waals surface area contributed by atoms with Crippen molar-refractivity contribution in [1.29, 1.82) is 0 Å². The van der Waals surface area contributed by atoms with Crippen molar-refractivity contribution in [2.24, 2.45) is 11.8 Å². The first-order valence-corrected chi connectivity index (χ1v) is 14.3. The molecule has 1 saturated carbocycles. The van der Waals surface area contributed by atoms with Crippen LogP contribution >= 0.6 is 11.6 Å². The summed E-state index contributed by atoms with van der Waals surface area (Å²) in [5.74, 6) is 2.87. The number of fused-ring (bicyclic) bond motifs is 3. The quantitative estimate of drug-likeness (QED) is 0.354. The van der Waals surface area contributed by atoms with Gasteiger partial charge in [0.1, 0.15) is 18.8 Å². The van der Waals surface area contributed by atoms with Crippen LogP contribution in [-0.4, -0.2) is 40.3 Å². The minimum Gasteiger partial charge on any atom is -0.484 e. The van der Waals surface area contributed by atoms with E-state index in [2.05, 4.69) is 0 Å². The maximum atomic E-state index is 12.2. The van der Waals surface area contributed by atoms with Crippen LogP contribution in [-0.2, 0) is 12.1 Å². The molecule has 2 aromatic carbocycles. The molecule has 4 fully saturated rings. The number of aromatic nitrogens is 1. The number of oxazole rings is 1. The molecular weight excluding hydrogens is 484 g/mol. The van der Waals surface area contributed by atoms with Crippen molar-refractivity contribution in [2.75, 3.05) is 19.6 Å². The van der Waals surface area contributed by atoms with Crippen molar-refractivity contribution in [3.8, 4) is 5.75 Å². The first kappa shape index (κ1) is 25.0. The third-order valence-electron chi connectivity index (χ3n) is 9.25. The Morgan fingerprint density at radius 1 is 1.05 bits per heavy atom. The molecule has 3 saturated heterocycles. The predicted molar refractivity (Wildman–Crippen MR) is 144 cm³/mol. The van der Waals surface area contributed by atoms with E-state index in [0.717, 1.165) is 96.8 Å². The SMILES string of the molecule is Cc1ccc(O[C@@H]2C[N+]3(Cc4cnc(C(O)(c5ccccc5)C5CCCCC5)o4)CCC2CC3)cc1Cl. The summed E-state index contributed by atoms with van der Waals surface area (Å²) in [7, 11) is 0. The maximum Gasteiger partial charge on any atom is 0.231 e. The second-order valence-corrected chi connectivity index (χ2v) is 12.0. The molecule has 6 heteroatoms. The predicted octanol–water partition coefficient (Wildman–Crippen LogP) is 6.64. The monoisotopic (exact) mass is 521 g/mol. The Bertz CT molecular complexity index is 1210. The molecule has 5 nitrogen and oxygen atoms in total. The fourth-order valence-electron chi connectivity index (χ4n) is 7.03. The van der Waals surface area contributed by atoms with Crippen LogP contribution in [0.15, 0.2) is 59.1 Å². The number of nitrogens with zero attached hydrogens (tertiary/aromatic N) is 2. The van der Waals surface area contributed by atoms with Crippen molar-refractivity contribution in [3.63, 3.8) is 0 Å². The summed E-state index contributed by atoms with van der Waals surface area (Å²) < 4.78 is 13.9. The number of quaternary nitrogens is 1. The molecule has 1 aliphatic carbocycles. The Morgan fingerprint density at radius 3 is 2.54 bits per heavy atom. The fourth-order valence-corrected chi connectivity index (χ4v) is 7.20. The Kier molecular flexibility index (Phi) is 6.81. The molecule has 1 N–H and O–H groups in total. The Morgan fingerprint density at radius 2 is 1.81 bits per heavy atom. The molecule has 3 aromatic rings. The molecule has 2 atom stereocenters. The van der Waals surface area contributed by atoms with Gasteiger partial charge in [-0.2, -0.15) is 0 Å². The lowest BCUT2D eigenvalue weighted by Crippen LogP contribution is -2.64. The van der Waals surface area contributed by atoms with Gasteiger partial charge in [0.25, 0.3) is 0 Å². The van der Waals surface area contributed by atoms with Gasteiger partial charge < -0.3 is 18.7 Å². The number of aliphatic hydroxyl groups is 1. The largest absolute Gasteiger partial charge is 0.484 e. The van der Waals surface area contributed by atoms with Gasteiger partial charge >= 0.3 is 0 Å². The lowest BCUT2D eigenvalue weighted by Gasteiger charge is -2.51. The highest BCUT2D eigenvalue weighted by molar-refractivity contribution is 6.31. The smallest absolute Gasteiger partial charge is 0.231 e. The van der Waals surface area contributed by atoms with Crippen molar-refractivity contribution in [2.45, 2.75) is 70.1 Å². The van der Waals surface area contributed by atoms with Crippen LogP contribution in [0.5, 0.6) is 5.75 Å². The van der Waals surface area contributed by atoms with E-state index < -0.39 is 5.60 Å². The van der Waals surface area contributed by atoms with Crippen molar-refractivity contribution in [1.82, 2.24) is 4.98 Å². The average Bonchev–Trinajstić information content (AvgIpc) is 3.40. The van der Waals surface area contributed by atoms with Crippen LogP contribution in [0.4, 0.5) is 0 Å². The zero-order valence-electron chi connectivity index (χ0n) is 21.7. The molecule has 0 radical (unpaired) electrons. The lowest BCUT2D eigenvalue weighted by atomic mass is 9.73. The number of aryl methyl sites for hydroxylation is 1. The lowest BCUT2D eigenvalue weighted by molar-refractivity contribution is -0.958. The van der Waals surface area contributed by atoms with Crippen LogP contribution in [0.2, 0.25) is 5.02 Å². The molecule has 1 aromatic heterocycles. The van der Waals surface area contributed by atoms with E-state index in [1.807, 2.05) is 61.7 Å². The molecule has 2 bridgehead atoms. The Labute approximate surface area is 225 Å². The van der Waals surface area contributed by atoms with E-state index in [9.17, 15) is 5.11 Å². The second kappa shape index (κ2) is 10.1. The van der Waals surface area contributed by atoms with Gasteiger partial charge in [0.15, 0.2) is 17.5 Å². The second-order valence-electron chi connectivity index (χ2n) is 11.6. The Hall–Kier alpha value is -2.34. The van der Waals surface area contributed by atoms with Crippen LogP contribution in [0, 0.1) is 18.8 Å². The van der Waals surface area contributed by atoms with E-state index >= 15 is 0 Å². The minimum absolute atomic E-state index is 0.118. The molecule has 37 heavy (non-hydrogen) atoms. The van der Waals surface area contributed by atoms with Crippen LogP contribution in [0.3, 0.4) is 0 Å². The summed E-state index contributed by atoms with van der Waals surface area (Å²) >= 11 is 6.36. The van der Waals surface area contributed by atoms with Gasteiger partial charge in [-0.15, -0.1) is 0 Å². The molecule has 196 valence electrons. The number of piperidine rings is 3. The van der Waals surface area contributed by atoms with E-state index in [0.29, 0.717) is 11.8 Å². The molecule has 3 aliphatic heterocycles. The Balaban J connectivity index is 1.23. The van der Waals surface area contributed by atoms with E-state index in [-0.39, 0.29) is 12.0 Å². The normalized spacial score (nSPS) is 27.6. The van der Waals surface area contributed by atoms with Crippen molar-refractivity contribution >= 4 is 11.6 Å². The van der Waals surface area contributed by atoms with Gasteiger partial charge in [0.05, 0.1) is 19.3 Å². The van der Waals surface area contributed by atoms with Crippen LogP contribution < -0.4 is 4.74 Å². The first-order chi connectivity index (χ1) is 18.0. The summed E-state index contributed by atoms with van der Waals surface area (Å²) in [6.45, 7) is 6.00. The van der Waals surface area contributed by atoms with Crippen LogP contribution in [0.25, 0.3) is 0 Å². The number of halogens is 1. The molecule has 4 aliphatic rings. The average molecular weight is 522 g/mol. The summed E-state index contributed by atoms with van der Waals surface area (Å²) in [5.41, 5.74) is 0.758. The van der Waals surface area contributed by atoms with Gasteiger partial charge in [-0.05, 0) is 43.0 Å². The van der Waals surface area contributed by atoms with Crippen molar-refractivity contribution in [3.05, 3.63) is 82.5 Å². The standard InChI is InChI=1S/C31H38ClN2O3/c1-22-12-13-26(18-28(22)32)36-29-21-34(16-14-23(29)15-17-34)20-27-19-33-30(37-27)31(35,24-8-4-2-5-9-24)25-10-6-3-7-11-25/h2,4-5,8-9,12-13,18-19,23,25,29,35H,3,6-7,10-11,14-17,20-21H2,1H3/q+1/t23?,29-,31?,34?/m1/s1. The first-order valence-electron chi connectivity index (χ1n) is 14.0. The number of rotatable bonds is 7. The highest BCUT2D eigenvalue weighted by Crippen LogP contribution is 2.44. The summed E-state index contributed by atoms with van der Waals surface area (Å²) in [6, 6.07) is 16.0. The van der Waals surface area contributed by atoms with E-state index in [1.165, 1.54) is 6.42 Å². The molecule has 0 amide bonds. The fraction of sp³-hybridized carbons (Fsp3) is 0.516. The molecule has 1 unspecified atom stereocenters. The molecule has 0 spiro atoms. The molecule has 4 heterocycles. The van der Waals surface area contributed by atoms with Gasteiger partial charge in [0.2, 0.25) is 5.89 Å². The van der Waals surface area contributed by atoms with Gasteiger partial charge in [-0.3, -0.25) is 0 Å². The zero-order valence-corrected chi connectivity index (χ0v) is 22.5. The highest BCUT2D eigenvalue weighted by Gasteiger charge is 2.49. The number of hydrogen-bond acceptors (Lipinski definition) is 4. The third kappa shape index (κ3) is 4.82. The number of hydrogen-bond donors (Lipinski definition) is 1. The van der Waals surface area contributed by atoms with Gasteiger partial charge in [-0.1, -0.05) is 67.3 Å².